The van der Waals surface area contributed by atoms with Crippen molar-refractivity contribution in [2.24, 2.45) is 0 Å². The molecule has 3 aromatic rings. The molecule has 0 bridgehead atoms. The summed E-state index contributed by atoms with van der Waals surface area (Å²) in [5.74, 6) is -0.0819. The van der Waals surface area contributed by atoms with Crippen LogP contribution >= 0.6 is 0 Å². The smallest absolute Gasteiger partial charge is 0.253 e. The van der Waals surface area contributed by atoms with Crippen LogP contribution in [0.4, 0.5) is 0 Å². The summed E-state index contributed by atoms with van der Waals surface area (Å²) in [5, 5.41) is 14.2. The van der Waals surface area contributed by atoms with E-state index < -0.39 is 6.04 Å². The van der Waals surface area contributed by atoms with Gasteiger partial charge in [0, 0.05) is 31.6 Å². The van der Waals surface area contributed by atoms with Gasteiger partial charge in [0.15, 0.2) is 0 Å². The molecule has 8 nitrogen and oxygen atoms in total. The number of aromatic nitrogens is 4. The lowest BCUT2D eigenvalue weighted by Crippen LogP contribution is -2.35. The molecule has 1 saturated heterocycles. The van der Waals surface area contributed by atoms with E-state index >= 15 is 0 Å². The first-order chi connectivity index (χ1) is 15.2. The molecule has 2 amide bonds. The number of hydrogen-bond acceptors (Lipinski definition) is 5. The fourth-order valence-electron chi connectivity index (χ4n) is 3.81. The average molecular weight is 419 g/mol. The van der Waals surface area contributed by atoms with E-state index in [0.29, 0.717) is 18.5 Å². The van der Waals surface area contributed by atoms with Crippen LogP contribution in [0, 0.1) is 0 Å². The maximum Gasteiger partial charge on any atom is 0.253 e. The highest BCUT2D eigenvalue weighted by Crippen LogP contribution is 2.15. The minimum atomic E-state index is -0.544. The molecule has 2 heterocycles. The zero-order valence-corrected chi connectivity index (χ0v) is 17.4. The van der Waals surface area contributed by atoms with Gasteiger partial charge in [0.05, 0.1) is 0 Å². The maximum absolute atomic E-state index is 12.9. The number of tetrazole rings is 1. The van der Waals surface area contributed by atoms with Crippen molar-refractivity contribution in [3.63, 3.8) is 0 Å². The summed E-state index contributed by atoms with van der Waals surface area (Å²) in [7, 11) is 0. The third kappa shape index (κ3) is 5.33. The fraction of sp³-hybridized carbons (Fsp3) is 0.348. The highest BCUT2D eigenvalue weighted by Gasteiger charge is 2.22. The fourth-order valence-corrected chi connectivity index (χ4v) is 3.81. The van der Waals surface area contributed by atoms with Crippen LogP contribution < -0.4 is 5.32 Å². The van der Waals surface area contributed by atoms with Gasteiger partial charge >= 0.3 is 0 Å². The monoisotopic (exact) mass is 418 g/mol. The van der Waals surface area contributed by atoms with Crippen molar-refractivity contribution in [2.75, 3.05) is 13.1 Å². The van der Waals surface area contributed by atoms with Gasteiger partial charge in [0.1, 0.15) is 12.4 Å². The third-order valence-corrected chi connectivity index (χ3v) is 5.57. The van der Waals surface area contributed by atoms with E-state index in [-0.39, 0.29) is 11.8 Å². The second-order valence-electron chi connectivity index (χ2n) is 7.76. The first kappa shape index (κ1) is 20.7. The quantitative estimate of drug-likeness (QED) is 0.636. The topological polar surface area (TPSA) is 93.0 Å². The molecule has 0 spiro atoms. The molecule has 0 radical (unpaired) electrons. The van der Waals surface area contributed by atoms with Gasteiger partial charge in [0.25, 0.3) is 5.91 Å². The van der Waals surface area contributed by atoms with Gasteiger partial charge in [-0.05, 0) is 52.9 Å². The van der Waals surface area contributed by atoms with E-state index in [9.17, 15) is 9.59 Å². The zero-order valence-electron chi connectivity index (χ0n) is 17.4. The van der Waals surface area contributed by atoms with Gasteiger partial charge in [-0.15, -0.1) is 5.10 Å². The van der Waals surface area contributed by atoms with Crippen LogP contribution in [-0.4, -0.2) is 50.0 Å². The predicted octanol–water partition coefficient (Wildman–Crippen LogP) is 2.40. The summed E-state index contributed by atoms with van der Waals surface area (Å²) in [4.78, 5) is 27.4. The van der Waals surface area contributed by atoms with Gasteiger partial charge in [0.2, 0.25) is 5.91 Å². The normalized spacial score (nSPS) is 14.8. The van der Waals surface area contributed by atoms with E-state index in [0.717, 1.165) is 37.1 Å². The van der Waals surface area contributed by atoms with E-state index in [4.69, 9.17) is 0 Å². The summed E-state index contributed by atoms with van der Waals surface area (Å²) in [6.45, 7) is 2.03. The van der Waals surface area contributed by atoms with Crippen LogP contribution in [0.15, 0.2) is 60.9 Å². The molecular formula is C23H26N6O2. The highest BCUT2D eigenvalue weighted by atomic mass is 16.2. The number of benzene rings is 2. The van der Waals surface area contributed by atoms with Crippen molar-refractivity contribution in [1.29, 1.82) is 0 Å². The lowest BCUT2D eigenvalue weighted by Gasteiger charge is -2.26. The molecule has 0 saturated carbocycles. The Morgan fingerprint density at radius 2 is 1.68 bits per heavy atom. The number of nitrogens with one attached hydrogen (secondary N) is 1. The molecule has 8 heteroatoms. The summed E-state index contributed by atoms with van der Waals surface area (Å²) < 4.78 is 1.47. The van der Waals surface area contributed by atoms with Crippen molar-refractivity contribution >= 4 is 11.8 Å². The number of amides is 2. The van der Waals surface area contributed by atoms with Gasteiger partial charge in [-0.3, -0.25) is 9.59 Å². The lowest BCUT2D eigenvalue weighted by atomic mass is 10.1. The van der Waals surface area contributed by atoms with Crippen LogP contribution in [0.25, 0.3) is 0 Å². The summed E-state index contributed by atoms with van der Waals surface area (Å²) in [6, 6.07) is 16.7. The predicted molar refractivity (Wildman–Crippen MR) is 115 cm³/mol. The van der Waals surface area contributed by atoms with Gasteiger partial charge < -0.3 is 10.2 Å². The minimum Gasteiger partial charge on any atom is -0.350 e. The summed E-state index contributed by atoms with van der Waals surface area (Å²) >= 11 is 0. The molecule has 0 unspecified atom stereocenters. The number of hydrogen-bond donors (Lipinski definition) is 1. The number of piperidine rings is 1. The van der Waals surface area contributed by atoms with Crippen molar-refractivity contribution in [3.8, 4) is 0 Å². The number of likely N-dealkylation sites (tertiary alicyclic amines) is 1. The molecule has 0 aliphatic carbocycles. The van der Waals surface area contributed by atoms with E-state index in [1.807, 2.05) is 59.5 Å². The Morgan fingerprint density at radius 3 is 2.35 bits per heavy atom. The number of carbonyl (C=O) groups is 2. The average Bonchev–Trinajstić information content (AvgIpc) is 3.37. The Morgan fingerprint density at radius 1 is 0.935 bits per heavy atom. The number of nitrogens with zero attached hydrogens (tertiary/aromatic N) is 5. The van der Waals surface area contributed by atoms with Gasteiger partial charge in [-0.2, -0.15) is 0 Å². The van der Waals surface area contributed by atoms with Crippen LogP contribution in [0.3, 0.4) is 0 Å². The molecule has 160 valence electrons. The van der Waals surface area contributed by atoms with Crippen molar-refractivity contribution in [2.45, 2.75) is 38.3 Å². The van der Waals surface area contributed by atoms with Crippen molar-refractivity contribution in [3.05, 3.63) is 77.6 Å². The Bertz CT molecular complexity index is 983. The van der Waals surface area contributed by atoms with Crippen LogP contribution in [0.2, 0.25) is 0 Å². The number of carbonyl (C=O) groups excluding carboxylic acids is 2. The zero-order chi connectivity index (χ0) is 21.5. The largest absolute Gasteiger partial charge is 0.350 e. The molecule has 31 heavy (non-hydrogen) atoms. The summed E-state index contributed by atoms with van der Waals surface area (Å²) in [5.41, 5.74) is 2.64. The molecule has 2 aromatic carbocycles. The highest BCUT2D eigenvalue weighted by molar-refractivity contribution is 5.94. The van der Waals surface area contributed by atoms with E-state index in [1.165, 1.54) is 17.4 Å². The van der Waals surface area contributed by atoms with Crippen LogP contribution in [0.5, 0.6) is 0 Å². The number of rotatable bonds is 7. The van der Waals surface area contributed by atoms with Gasteiger partial charge in [-0.25, -0.2) is 4.68 Å². The molecular weight excluding hydrogens is 392 g/mol. The Balaban J connectivity index is 1.37. The Kier molecular flexibility index (Phi) is 6.66. The van der Waals surface area contributed by atoms with Crippen molar-refractivity contribution in [1.82, 2.24) is 30.4 Å². The van der Waals surface area contributed by atoms with E-state index in [2.05, 4.69) is 20.8 Å². The molecule has 1 aromatic heterocycles. The Hall–Kier alpha value is -3.55. The third-order valence-electron chi connectivity index (χ3n) is 5.57. The molecule has 1 N–H and O–H groups in total. The first-order valence-corrected chi connectivity index (χ1v) is 10.6. The molecule has 1 aliphatic heterocycles. The second-order valence-corrected chi connectivity index (χ2v) is 7.76. The van der Waals surface area contributed by atoms with Gasteiger partial charge in [-0.1, -0.05) is 42.5 Å². The minimum absolute atomic E-state index is 0.0805. The molecule has 1 atom stereocenters. The molecule has 4 rings (SSSR count). The van der Waals surface area contributed by atoms with Crippen molar-refractivity contribution < 1.29 is 9.59 Å². The Labute approximate surface area is 181 Å². The SMILES string of the molecule is O=C(NCc1ccc(C(=O)N2CCCCC2)cc1)[C@@H](Cc1ccccc1)n1cnnn1. The lowest BCUT2D eigenvalue weighted by molar-refractivity contribution is -0.124. The second kappa shape index (κ2) is 9.97. The first-order valence-electron chi connectivity index (χ1n) is 10.6. The van der Waals surface area contributed by atoms with E-state index in [1.54, 1.807) is 0 Å². The van der Waals surface area contributed by atoms with Crippen LogP contribution in [0.1, 0.15) is 46.8 Å². The molecule has 1 aliphatic rings. The molecule has 1 fully saturated rings. The van der Waals surface area contributed by atoms with Crippen LogP contribution in [-0.2, 0) is 17.8 Å². The maximum atomic E-state index is 12.9. The standard InChI is InChI=1S/C23H26N6O2/c30-22(21(29-17-25-26-27-29)15-18-7-3-1-4-8-18)24-16-19-9-11-20(12-10-19)23(31)28-13-5-2-6-14-28/h1,3-4,7-12,17,21H,2,5-6,13-16H2,(H,24,30)/t21-/m1/s1. The summed E-state index contributed by atoms with van der Waals surface area (Å²) in [6.07, 6.45) is 5.27.